The molecule has 3 N–H and O–H groups in total. The van der Waals surface area contributed by atoms with Gasteiger partial charge >= 0.3 is 0 Å². The lowest BCUT2D eigenvalue weighted by Crippen LogP contribution is -2.52. The van der Waals surface area contributed by atoms with E-state index in [4.69, 9.17) is 4.74 Å². The summed E-state index contributed by atoms with van der Waals surface area (Å²) in [6.07, 6.45) is 4.61. The number of aromatic nitrogens is 2. The molecule has 0 radical (unpaired) electrons. The minimum atomic E-state index is -3.54. The third-order valence-corrected chi connectivity index (χ3v) is 6.29. The van der Waals surface area contributed by atoms with E-state index in [1.165, 1.54) is 14.1 Å². The first-order valence-electron chi connectivity index (χ1n) is 9.40. The van der Waals surface area contributed by atoms with Crippen molar-refractivity contribution >= 4 is 16.1 Å². The highest BCUT2D eigenvalue weighted by molar-refractivity contribution is 7.87. The van der Waals surface area contributed by atoms with Gasteiger partial charge in [-0.25, -0.2) is 0 Å². The molecule has 1 amide bonds. The van der Waals surface area contributed by atoms with Gasteiger partial charge in [-0.05, 0) is 31.7 Å². The third kappa shape index (κ3) is 6.56. The van der Waals surface area contributed by atoms with E-state index in [9.17, 15) is 13.2 Å². The highest BCUT2D eigenvalue weighted by Crippen LogP contribution is 2.28. The highest BCUT2D eigenvalue weighted by Gasteiger charge is 2.36. The Labute approximate surface area is 161 Å². The summed E-state index contributed by atoms with van der Waals surface area (Å²) < 4.78 is 34.0. The monoisotopic (exact) mass is 401 g/mol. The van der Waals surface area contributed by atoms with E-state index in [1.807, 2.05) is 13.0 Å². The van der Waals surface area contributed by atoms with Crippen molar-refractivity contribution in [1.29, 1.82) is 0 Å². The minimum absolute atomic E-state index is 0.00599. The summed E-state index contributed by atoms with van der Waals surface area (Å²) in [7, 11) is -0.561. The van der Waals surface area contributed by atoms with Gasteiger partial charge in [-0.1, -0.05) is 6.92 Å². The molecule has 1 fully saturated rings. The number of H-pyrrole nitrogens is 1. The van der Waals surface area contributed by atoms with Gasteiger partial charge in [0.2, 0.25) is 5.91 Å². The molecule has 1 aromatic heterocycles. The van der Waals surface area contributed by atoms with Crippen LogP contribution in [-0.2, 0) is 26.2 Å². The molecule has 10 heteroatoms. The number of nitrogens with zero attached hydrogens (tertiary/aromatic N) is 2. The maximum absolute atomic E-state index is 12.5. The standard InChI is InChI=1S/C17H31N5O4S/c1-4-11-26-16-12-13(5-6-15(16)21-27(24,25)22(2)3)17(23)18-9-7-14-8-10-19-20-14/h8,10,13,15-16,21H,4-7,9,11-12H2,1-3H3,(H,18,23)(H,19,20)/t13-,15+,16+/m0/s1. The Hall–Kier alpha value is -1.49. The maximum atomic E-state index is 12.5. The fourth-order valence-electron chi connectivity index (χ4n) is 3.14. The summed E-state index contributed by atoms with van der Waals surface area (Å²) >= 11 is 0. The molecule has 1 heterocycles. The Kier molecular flexibility index (Phi) is 8.21. The van der Waals surface area contributed by atoms with Gasteiger partial charge in [0.25, 0.3) is 10.2 Å². The predicted molar refractivity (Wildman–Crippen MR) is 102 cm³/mol. The molecule has 0 aromatic carbocycles. The van der Waals surface area contributed by atoms with Crippen LogP contribution >= 0.6 is 0 Å². The second-order valence-electron chi connectivity index (χ2n) is 7.05. The normalized spacial score (nSPS) is 23.5. The Morgan fingerprint density at radius 3 is 2.81 bits per heavy atom. The van der Waals surface area contributed by atoms with Crippen LogP contribution in [0, 0.1) is 5.92 Å². The summed E-state index contributed by atoms with van der Waals surface area (Å²) in [5, 5.41) is 9.71. The first-order valence-corrected chi connectivity index (χ1v) is 10.8. The summed E-state index contributed by atoms with van der Waals surface area (Å²) in [5.41, 5.74) is 0.973. The highest BCUT2D eigenvalue weighted by atomic mass is 32.2. The van der Waals surface area contributed by atoms with Crippen LogP contribution < -0.4 is 10.0 Å². The van der Waals surface area contributed by atoms with E-state index in [-0.39, 0.29) is 24.0 Å². The van der Waals surface area contributed by atoms with Gasteiger partial charge in [0.15, 0.2) is 0 Å². The molecule has 0 unspecified atom stereocenters. The van der Waals surface area contributed by atoms with Gasteiger partial charge in [0, 0.05) is 57.5 Å². The van der Waals surface area contributed by atoms with Gasteiger partial charge in [-0.3, -0.25) is 9.89 Å². The van der Waals surface area contributed by atoms with Crippen LogP contribution in [0.4, 0.5) is 0 Å². The number of nitrogens with one attached hydrogen (secondary N) is 3. The average Bonchev–Trinajstić information content (AvgIpc) is 3.13. The fourth-order valence-corrected chi connectivity index (χ4v) is 4.00. The number of rotatable bonds is 10. The van der Waals surface area contributed by atoms with Crippen molar-refractivity contribution in [2.45, 2.75) is 51.2 Å². The zero-order chi connectivity index (χ0) is 19.9. The van der Waals surface area contributed by atoms with Gasteiger partial charge in [-0.15, -0.1) is 0 Å². The van der Waals surface area contributed by atoms with Crippen LogP contribution in [0.2, 0.25) is 0 Å². The molecule has 27 heavy (non-hydrogen) atoms. The first-order chi connectivity index (χ1) is 12.8. The molecule has 154 valence electrons. The second kappa shape index (κ2) is 10.2. The zero-order valence-electron chi connectivity index (χ0n) is 16.3. The molecule has 0 aliphatic heterocycles. The number of carbonyl (C=O) groups excluding carboxylic acids is 1. The Morgan fingerprint density at radius 2 is 2.19 bits per heavy atom. The van der Waals surface area contributed by atoms with Crippen molar-refractivity contribution in [3.05, 3.63) is 18.0 Å². The van der Waals surface area contributed by atoms with E-state index in [0.29, 0.717) is 38.8 Å². The van der Waals surface area contributed by atoms with Crippen LogP contribution in [-0.4, -0.2) is 68.2 Å². The Bertz CT molecular complexity index is 678. The molecular weight excluding hydrogens is 370 g/mol. The largest absolute Gasteiger partial charge is 0.377 e. The number of carbonyl (C=O) groups is 1. The number of hydrogen-bond donors (Lipinski definition) is 3. The Balaban J connectivity index is 1.90. The van der Waals surface area contributed by atoms with Crippen LogP contribution in [0.25, 0.3) is 0 Å². The first kappa shape index (κ1) is 21.8. The SMILES string of the molecule is CCCO[C@@H]1C[C@@H](C(=O)NCCc2ccn[nH]2)CC[C@H]1NS(=O)(=O)N(C)C. The molecular formula is C17H31N5O4S. The lowest BCUT2D eigenvalue weighted by molar-refractivity contribution is -0.128. The lowest BCUT2D eigenvalue weighted by Gasteiger charge is -2.36. The van der Waals surface area contributed by atoms with E-state index in [2.05, 4.69) is 20.2 Å². The Morgan fingerprint density at radius 1 is 1.41 bits per heavy atom. The number of hydrogen-bond acceptors (Lipinski definition) is 5. The van der Waals surface area contributed by atoms with Crippen LogP contribution in [0.15, 0.2) is 12.3 Å². The van der Waals surface area contributed by atoms with Crippen molar-refractivity contribution in [3.8, 4) is 0 Å². The summed E-state index contributed by atoms with van der Waals surface area (Å²) in [4.78, 5) is 12.5. The molecule has 1 aromatic rings. The number of ether oxygens (including phenoxy) is 1. The molecule has 0 spiro atoms. The topological polar surface area (TPSA) is 116 Å². The van der Waals surface area contributed by atoms with Crippen molar-refractivity contribution in [2.24, 2.45) is 5.92 Å². The summed E-state index contributed by atoms with van der Waals surface area (Å²) in [6, 6.07) is 1.56. The fraction of sp³-hybridized carbons (Fsp3) is 0.765. The molecule has 9 nitrogen and oxygen atoms in total. The smallest absolute Gasteiger partial charge is 0.279 e. The van der Waals surface area contributed by atoms with Crippen LogP contribution in [0.3, 0.4) is 0 Å². The van der Waals surface area contributed by atoms with Crippen molar-refractivity contribution in [2.75, 3.05) is 27.2 Å². The molecule has 2 rings (SSSR count). The molecule has 3 atom stereocenters. The second-order valence-corrected chi connectivity index (χ2v) is 8.97. The number of aromatic amines is 1. The average molecular weight is 402 g/mol. The van der Waals surface area contributed by atoms with Gasteiger partial charge in [0.05, 0.1) is 6.10 Å². The van der Waals surface area contributed by atoms with Gasteiger partial charge < -0.3 is 10.1 Å². The molecule has 0 bridgehead atoms. The molecule has 0 saturated heterocycles. The lowest BCUT2D eigenvalue weighted by atomic mass is 9.83. The van der Waals surface area contributed by atoms with Crippen LogP contribution in [0.1, 0.15) is 38.3 Å². The zero-order valence-corrected chi connectivity index (χ0v) is 17.1. The van der Waals surface area contributed by atoms with E-state index in [0.717, 1.165) is 16.4 Å². The summed E-state index contributed by atoms with van der Waals surface area (Å²) in [5.74, 6) is -0.178. The van der Waals surface area contributed by atoms with E-state index < -0.39 is 10.2 Å². The number of amides is 1. The predicted octanol–water partition coefficient (Wildman–Crippen LogP) is 0.428. The third-order valence-electron chi connectivity index (χ3n) is 4.73. The quantitative estimate of drug-likeness (QED) is 0.526. The van der Waals surface area contributed by atoms with E-state index in [1.54, 1.807) is 6.20 Å². The van der Waals surface area contributed by atoms with Crippen molar-refractivity contribution in [1.82, 2.24) is 24.5 Å². The minimum Gasteiger partial charge on any atom is -0.377 e. The molecule has 1 aliphatic rings. The van der Waals surface area contributed by atoms with Crippen LogP contribution in [0.5, 0.6) is 0 Å². The summed E-state index contributed by atoms with van der Waals surface area (Å²) in [6.45, 7) is 3.08. The van der Waals surface area contributed by atoms with Gasteiger partial charge in [0.1, 0.15) is 0 Å². The van der Waals surface area contributed by atoms with E-state index >= 15 is 0 Å². The van der Waals surface area contributed by atoms with Crippen molar-refractivity contribution < 1.29 is 17.9 Å². The maximum Gasteiger partial charge on any atom is 0.279 e. The molecule has 1 saturated carbocycles. The van der Waals surface area contributed by atoms with Crippen molar-refractivity contribution in [3.63, 3.8) is 0 Å². The molecule has 1 aliphatic carbocycles. The van der Waals surface area contributed by atoms with Gasteiger partial charge in [-0.2, -0.15) is 22.5 Å².